The summed E-state index contributed by atoms with van der Waals surface area (Å²) in [5.41, 5.74) is 1.01. The number of halogens is 1. The van der Waals surface area contributed by atoms with Crippen molar-refractivity contribution in [1.82, 2.24) is 10.3 Å². The third kappa shape index (κ3) is 2.79. The van der Waals surface area contributed by atoms with Crippen LogP contribution >= 0.6 is 11.6 Å². The van der Waals surface area contributed by atoms with Gasteiger partial charge < -0.3 is 10.2 Å². The molecule has 1 aromatic heterocycles. The van der Waals surface area contributed by atoms with Gasteiger partial charge in [0.2, 0.25) is 0 Å². The highest BCUT2D eigenvalue weighted by atomic mass is 35.5. The van der Waals surface area contributed by atoms with Crippen molar-refractivity contribution in [3.05, 3.63) is 17.3 Å². The normalized spacial score (nSPS) is 19.6. The average molecular weight is 309 g/mol. The van der Waals surface area contributed by atoms with E-state index in [-0.39, 0.29) is 12.1 Å². The number of carbonyl (C=O) groups excluding carboxylic acids is 1. The number of fused-ring (bicyclic) bond motifs is 4. The maximum atomic E-state index is 12.5. The van der Waals surface area contributed by atoms with Crippen molar-refractivity contribution in [3.63, 3.8) is 0 Å². The first-order valence-electron chi connectivity index (χ1n) is 7.69. The fourth-order valence-corrected chi connectivity index (χ4v) is 3.25. The van der Waals surface area contributed by atoms with Crippen LogP contribution < -0.4 is 15.1 Å². The predicted molar refractivity (Wildman–Crippen MR) is 85.3 cm³/mol. The van der Waals surface area contributed by atoms with Gasteiger partial charge in [-0.25, -0.2) is 9.78 Å². The molecule has 0 unspecified atom stereocenters. The monoisotopic (exact) mass is 308 g/mol. The summed E-state index contributed by atoms with van der Waals surface area (Å²) in [6.45, 7) is 4.73. The number of urea groups is 1. The SMILES string of the molecule is CCCCCNC(=O)N1c2nc(Cl)ccc2N2CC[C@H]1C2. The van der Waals surface area contributed by atoms with Crippen molar-refractivity contribution in [2.45, 2.75) is 38.6 Å². The van der Waals surface area contributed by atoms with Gasteiger partial charge in [-0.3, -0.25) is 4.90 Å². The highest BCUT2D eigenvalue weighted by Gasteiger charge is 2.40. The van der Waals surface area contributed by atoms with Crippen LogP contribution in [0.25, 0.3) is 0 Å². The summed E-state index contributed by atoms with van der Waals surface area (Å²) in [6, 6.07) is 3.91. The molecule has 114 valence electrons. The molecule has 3 rings (SSSR count). The lowest BCUT2D eigenvalue weighted by Gasteiger charge is -2.35. The Morgan fingerprint density at radius 2 is 2.33 bits per heavy atom. The van der Waals surface area contributed by atoms with Gasteiger partial charge in [-0.2, -0.15) is 0 Å². The van der Waals surface area contributed by atoms with E-state index in [0.29, 0.717) is 11.0 Å². The first-order chi connectivity index (χ1) is 10.2. The molecule has 0 radical (unpaired) electrons. The molecule has 6 heteroatoms. The van der Waals surface area contributed by atoms with Gasteiger partial charge in [-0.1, -0.05) is 31.4 Å². The fourth-order valence-electron chi connectivity index (χ4n) is 3.10. The van der Waals surface area contributed by atoms with Crippen LogP contribution in [0.1, 0.15) is 32.6 Å². The Kier molecular flexibility index (Phi) is 4.19. The molecule has 1 atom stereocenters. The second kappa shape index (κ2) is 6.10. The van der Waals surface area contributed by atoms with Crippen LogP contribution in [0.4, 0.5) is 16.3 Å². The molecule has 2 aliphatic rings. The van der Waals surface area contributed by atoms with E-state index in [4.69, 9.17) is 11.6 Å². The quantitative estimate of drug-likeness (QED) is 0.687. The summed E-state index contributed by atoms with van der Waals surface area (Å²) in [5, 5.41) is 3.45. The van der Waals surface area contributed by atoms with Gasteiger partial charge >= 0.3 is 6.03 Å². The standard InChI is InChI=1S/C15H21ClN4O/c1-2-3-4-8-17-15(21)20-11-7-9-19(10-11)12-5-6-13(16)18-14(12)20/h5-6,11H,2-4,7-10H2,1H3,(H,17,21)/t11-/m0/s1. The Labute approximate surface area is 130 Å². The van der Waals surface area contributed by atoms with Gasteiger partial charge in [0.25, 0.3) is 0 Å². The van der Waals surface area contributed by atoms with Gasteiger partial charge in [0.15, 0.2) is 5.82 Å². The number of amides is 2. The van der Waals surface area contributed by atoms with Crippen LogP contribution in [0.15, 0.2) is 12.1 Å². The maximum Gasteiger partial charge on any atom is 0.323 e. The maximum absolute atomic E-state index is 12.5. The van der Waals surface area contributed by atoms with Gasteiger partial charge in [0.05, 0.1) is 11.7 Å². The zero-order valence-electron chi connectivity index (χ0n) is 12.3. The van der Waals surface area contributed by atoms with Gasteiger partial charge in [-0.15, -0.1) is 0 Å². The van der Waals surface area contributed by atoms with E-state index in [0.717, 1.165) is 51.0 Å². The number of aromatic nitrogens is 1. The van der Waals surface area contributed by atoms with Crippen molar-refractivity contribution in [1.29, 1.82) is 0 Å². The zero-order valence-corrected chi connectivity index (χ0v) is 13.1. The minimum atomic E-state index is -0.0475. The van der Waals surface area contributed by atoms with Crippen LogP contribution in [-0.2, 0) is 0 Å². The lowest BCUT2D eigenvalue weighted by Crippen LogP contribution is -2.50. The minimum Gasteiger partial charge on any atom is -0.366 e. The molecule has 2 aliphatic heterocycles. The van der Waals surface area contributed by atoms with Gasteiger partial charge in [-0.05, 0) is 25.0 Å². The molecule has 0 saturated carbocycles. The summed E-state index contributed by atoms with van der Waals surface area (Å²) < 4.78 is 0. The molecular weight excluding hydrogens is 288 g/mol. The second-order valence-corrected chi connectivity index (χ2v) is 6.06. The molecule has 2 amide bonds. The minimum absolute atomic E-state index is 0.0475. The molecule has 1 aromatic rings. The molecule has 1 saturated heterocycles. The van der Waals surface area contributed by atoms with E-state index in [2.05, 4.69) is 22.1 Å². The first kappa shape index (κ1) is 14.4. The molecule has 0 aliphatic carbocycles. The highest BCUT2D eigenvalue weighted by Crippen LogP contribution is 2.39. The molecule has 3 heterocycles. The Morgan fingerprint density at radius 3 is 3.14 bits per heavy atom. The van der Waals surface area contributed by atoms with Crippen LogP contribution in [0.2, 0.25) is 5.15 Å². The van der Waals surface area contributed by atoms with E-state index in [9.17, 15) is 4.79 Å². The number of pyridine rings is 1. The fraction of sp³-hybridized carbons (Fsp3) is 0.600. The smallest absolute Gasteiger partial charge is 0.323 e. The molecule has 1 N–H and O–H groups in total. The molecule has 0 spiro atoms. The zero-order chi connectivity index (χ0) is 14.8. The van der Waals surface area contributed by atoms with Crippen molar-refractivity contribution in [2.75, 3.05) is 29.4 Å². The van der Waals surface area contributed by atoms with Crippen LogP contribution in [-0.4, -0.2) is 36.7 Å². The van der Waals surface area contributed by atoms with Crippen molar-refractivity contribution < 1.29 is 4.79 Å². The number of nitrogens with zero attached hydrogens (tertiary/aromatic N) is 3. The van der Waals surface area contributed by atoms with E-state index in [1.54, 1.807) is 11.0 Å². The number of unbranched alkanes of at least 4 members (excludes halogenated alkanes) is 2. The molecule has 5 nitrogen and oxygen atoms in total. The van der Waals surface area contributed by atoms with Crippen LogP contribution in [0.5, 0.6) is 0 Å². The van der Waals surface area contributed by atoms with Gasteiger partial charge in [0.1, 0.15) is 5.15 Å². The molecular formula is C15H21ClN4O. The van der Waals surface area contributed by atoms with E-state index in [1.165, 1.54) is 0 Å². The lowest BCUT2D eigenvalue weighted by molar-refractivity contribution is 0.244. The summed E-state index contributed by atoms with van der Waals surface area (Å²) in [6.07, 6.45) is 4.29. The predicted octanol–water partition coefficient (Wildman–Crippen LogP) is 3.03. The molecule has 0 aromatic carbocycles. The number of hydrogen-bond acceptors (Lipinski definition) is 3. The third-order valence-electron chi connectivity index (χ3n) is 4.19. The van der Waals surface area contributed by atoms with Crippen LogP contribution in [0.3, 0.4) is 0 Å². The highest BCUT2D eigenvalue weighted by molar-refractivity contribution is 6.29. The van der Waals surface area contributed by atoms with E-state index in [1.807, 2.05) is 6.07 Å². The number of hydrogen-bond donors (Lipinski definition) is 1. The summed E-state index contributed by atoms with van der Waals surface area (Å²) in [5.74, 6) is 0.698. The van der Waals surface area contributed by atoms with Crippen LogP contribution in [0, 0.1) is 0 Å². The van der Waals surface area contributed by atoms with Crippen molar-refractivity contribution in [2.24, 2.45) is 0 Å². The number of rotatable bonds is 4. The molecule has 21 heavy (non-hydrogen) atoms. The van der Waals surface area contributed by atoms with Crippen molar-refractivity contribution in [3.8, 4) is 0 Å². The third-order valence-corrected chi connectivity index (χ3v) is 4.40. The second-order valence-electron chi connectivity index (χ2n) is 5.67. The topological polar surface area (TPSA) is 48.5 Å². The lowest BCUT2D eigenvalue weighted by atomic mass is 10.2. The number of nitrogens with one attached hydrogen (secondary N) is 1. The van der Waals surface area contributed by atoms with Gasteiger partial charge in [0, 0.05) is 19.6 Å². The Morgan fingerprint density at radius 1 is 1.48 bits per heavy atom. The summed E-state index contributed by atoms with van der Waals surface area (Å²) in [7, 11) is 0. The summed E-state index contributed by atoms with van der Waals surface area (Å²) >= 11 is 6.02. The average Bonchev–Trinajstić information content (AvgIpc) is 2.88. The largest absolute Gasteiger partial charge is 0.366 e. The Balaban J connectivity index is 1.79. The van der Waals surface area contributed by atoms with Crippen molar-refractivity contribution >= 4 is 29.1 Å². The first-order valence-corrected chi connectivity index (χ1v) is 8.07. The van der Waals surface area contributed by atoms with E-state index < -0.39 is 0 Å². The summed E-state index contributed by atoms with van der Waals surface area (Å²) in [4.78, 5) is 21.0. The Bertz CT molecular complexity index is 536. The number of anilines is 2. The van der Waals surface area contributed by atoms with E-state index >= 15 is 0 Å². The molecule has 2 bridgehead atoms. The molecule has 1 fully saturated rings. The number of carbonyl (C=O) groups is 1. The Hall–Kier alpha value is -1.49.